The van der Waals surface area contributed by atoms with Gasteiger partial charge in [0, 0.05) is 16.3 Å². The van der Waals surface area contributed by atoms with Gasteiger partial charge in [-0.3, -0.25) is 4.79 Å². The number of amides is 1. The van der Waals surface area contributed by atoms with E-state index in [9.17, 15) is 18.0 Å². The molecule has 0 spiro atoms. The maximum Gasteiger partial charge on any atom is 0.471 e. The van der Waals surface area contributed by atoms with E-state index >= 15 is 0 Å². The molecule has 0 radical (unpaired) electrons. The summed E-state index contributed by atoms with van der Waals surface area (Å²) in [5.41, 5.74) is 1.83. The topological polar surface area (TPSA) is 98.7 Å². The predicted molar refractivity (Wildman–Crippen MR) is 103 cm³/mol. The molecule has 12 heteroatoms. The maximum atomic E-state index is 12.6. The first kappa shape index (κ1) is 20.5. The summed E-state index contributed by atoms with van der Waals surface area (Å²) < 4.78 is 43.4. The molecule has 1 N–H and O–H groups in total. The number of hydrogen-bond acceptors (Lipinski definition) is 6. The van der Waals surface area contributed by atoms with Crippen LogP contribution in [0.3, 0.4) is 0 Å². The van der Waals surface area contributed by atoms with Crippen molar-refractivity contribution < 1.29 is 22.5 Å². The molecule has 0 atom stereocenters. The van der Waals surface area contributed by atoms with E-state index in [2.05, 4.69) is 30.3 Å². The fourth-order valence-corrected chi connectivity index (χ4v) is 2.74. The number of halogens is 4. The Morgan fingerprint density at radius 2 is 1.81 bits per heavy atom. The second-order valence-corrected chi connectivity index (χ2v) is 6.82. The molecule has 8 nitrogen and oxygen atoms in total. The minimum absolute atomic E-state index is 0.123. The largest absolute Gasteiger partial charge is 0.471 e. The number of nitrogens with zero attached hydrogens (tertiary/aromatic N) is 5. The highest BCUT2D eigenvalue weighted by Gasteiger charge is 2.38. The van der Waals surface area contributed by atoms with Gasteiger partial charge >= 0.3 is 12.1 Å². The monoisotopic (exact) mass is 448 g/mol. The number of hydrogen-bond donors (Lipinski definition) is 1. The van der Waals surface area contributed by atoms with E-state index < -0.39 is 18.0 Å². The van der Waals surface area contributed by atoms with Crippen molar-refractivity contribution in [2.75, 3.05) is 5.32 Å². The Balaban J connectivity index is 1.41. The van der Waals surface area contributed by atoms with Crippen LogP contribution in [0.15, 0.2) is 59.3 Å². The standard InChI is InChI=1S/C19H12ClF3N6O2/c20-13-5-7-14(8-6-13)24-17(30)15-10-29(28-26-15)9-11-1-3-12(4-2-11)16-25-18(31-27-16)19(21,22)23/h1-8,10H,9H2,(H,24,30). The number of aromatic nitrogens is 5. The van der Waals surface area contributed by atoms with Gasteiger partial charge in [0.15, 0.2) is 5.69 Å². The number of nitrogens with one attached hydrogen (secondary N) is 1. The number of anilines is 1. The van der Waals surface area contributed by atoms with E-state index in [0.29, 0.717) is 22.8 Å². The summed E-state index contributed by atoms with van der Waals surface area (Å²) in [5, 5.41) is 14.4. The minimum atomic E-state index is -4.70. The molecule has 4 rings (SSSR count). The summed E-state index contributed by atoms with van der Waals surface area (Å²) in [5.74, 6) is -2.00. The Labute approximate surface area is 177 Å². The van der Waals surface area contributed by atoms with Crippen molar-refractivity contribution in [3.63, 3.8) is 0 Å². The number of carbonyl (C=O) groups excluding carboxylic acids is 1. The van der Waals surface area contributed by atoms with Gasteiger partial charge in [-0.15, -0.1) is 5.10 Å². The van der Waals surface area contributed by atoms with E-state index in [1.807, 2.05) is 0 Å². The van der Waals surface area contributed by atoms with Gasteiger partial charge in [0.2, 0.25) is 5.82 Å². The van der Waals surface area contributed by atoms with Crippen molar-refractivity contribution in [1.29, 1.82) is 0 Å². The molecule has 0 saturated heterocycles. The van der Waals surface area contributed by atoms with Crippen LogP contribution in [0.4, 0.5) is 18.9 Å². The van der Waals surface area contributed by atoms with Gasteiger partial charge in [-0.25, -0.2) is 4.68 Å². The number of alkyl halides is 3. The van der Waals surface area contributed by atoms with Gasteiger partial charge in [-0.2, -0.15) is 18.2 Å². The predicted octanol–water partition coefficient (Wildman–Crippen LogP) is 4.30. The number of benzene rings is 2. The Morgan fingerprint density at radius 3 is 2.45 bits per heavy atom. The lowest BCUT2D eigenvalue weighted by molar-refractivity contribution is -0.159. The molecule has 4 aromatic rings. The van der Waals surface area contributed by atoms with Crippen molar-refractivity contribution in [2.45, 2.75) is 12.7 Å². The Morgan fingerprint density at radius 1 is 1.10 bits per heavy atom. The van der Waals surface area contributed by atoms with Crippen molar-refractivity contribution in [3.05, 3.63) is 76.9 Å². The van der Waals surface area contributed by atoms with Gasteiger partial charge in [0.1, 0.15) is 0 Å². The molecule has 0 saturated carbocycles. The lowest BCUT2D eigenvalue weighted by Gasteiger charge is -2.03. The Hall–Kier alpha value is -3.73. The summed E-state index contributed by atoms with van der Waals surface area (Å²) in [7, 11) is 0. The average molecular weight is 449 g/mol. The van der Waals surface area contributed by atoms with Gasteiger partial charge in [-0.1, -0.05) is 46.2 Å². The van der Waals surface area contributed by atoms with Crippen molar-refractivity contribution in [1.82, 2.24) is 25.1 Å². The first-order valence-electron chi connectivity index (χ1n) is 8.75. The van der Waals surface area contributed by atoms with Crippen LogP contribution in [0.1, 0.15) is 21.9 Å². The summed E-state index contributed by atoms with van der Waals surface area (Å²) in [6, 6.07) is 13.1. The molecule has 0 unspecified atom stereocenters. The van der Waals surface area contributed by atoms with E-state index in [-0.39, 0.29) is 11.5 Å². The van der Waals surface area contributed by atoms with Gasteiger partial charge in [0.25, 0.3) is 5.91 Å². The second-order valence-electron chi connectivity index (χ2n) is 6.38. The van der Waals surface area contributed by atoms with Gasteiger partial charge in [-0.05, 0) is 29.8 Å². The summed E-state index contributed by atoms with van der Waals surface area (Å²) >= 11 is 5.81. The average Bonchev–Trinajstić information content (AvgIpc) is 3.40. The molecule has 2 aromatic heterocycles. The quantitative estimate of drug-likeness (QED) is 0.488. The van der Waals surface area contributed by atoms with Crippen LogP contribution in [-0.2, 0) is 12.7 Å². The highest BCUT2D eigenvalue weighted by molar-refractivity contribution is 6.30. The summed E-state index contributed by atoms with van der Waals surface area (Å²) in [4.78, 5) is 15.6. The van der Waals surface area contributed by atoms with Crippen LogP contribution in [0.2, 0.25) is 5.02 Å². The highest BCUT2D eigenvalue weighted by atomic mass is 35.5. The molecule has 0 bridgehead atoms. The molecular formula is C19H12ClF3N6O2. The summed E-state index contributed by atoms with van der Waals surface area (Å²) in [6.07, 6.45) is -3.22. The molecule has 0 aliphatic rings. The third-order valence-electron chi connectivity index (χ3n) is 4.10. The SMILES string of the molecule is O=C(Nc1ccc(Cl)cc1)c1cn(Cc2ccc(-c3noc(C(F)(F)F)n3)cc2)nn1. The third-order valence-corrected chi connectivity index (χ3v) is 4.35. The minimum Gasteiger partial charge on any atom is -0.329 e. The molecule has 0 aliphatic heterocycles. The van der Waals surface area contributed by atoms with E-state index in [4.69, 9.17) is 11.6 Å². The summed E-state index contributed by atoms with van der Waals surface area (Å²) in [6.45, 7) is 0.293. The lowest BCUT2D eigenvalue weighted by atomic mass is 10.1. The first-order chi connectivity index (χ1) is 14.8. The molecule has 2 heterocycles. The zero-order valence-electron chi connectivity index (χ0n) is 15.5. The number of carbonyl (C=O) groups is 1. The van der Waals surface area contributed by atoms with Crippen molar-refractivity contribution in [3.8, 4) is 11.4 Å². The third kappa shape index (κ3) is 4.89. The lowest BCUT2D eigenvalue weighted by Crippen LogP contribution is -2.12. The van der Waals surface area contributed by atoms with Crippen LogP contribution in [0.5, 0.6) is 0 Å². The molecule has 158 valence electrons. The fraction of sp³-hybridized carbons (Fsp3) is 0.105. The smallest absolute Gasteiger partial charge is 0.329 e. The van der Waals surface area contributed by atoms with E-state index in [1.54, 1.807) is 48.5 Å². The zero-order valence-corrected chi connectivity index (χ0v) is 16.2. The van der Waals surface area contributed by atoms with Crippen molar-refractivity contribution >= 4 is 23.2 Å². The van der Waals surface area contributed by atoms with Crippen LogP contribution in [0.25, 0.3) is 11.4 Å². The Kier molecular flexibility index (Phi) is 5.42. The van der Waals surface area contributed by atoms with Crippen LogP contribution >= 0.6 is 11.6 Å². The van der Waals surface area contributed by atoms with E-state index in [1.165, 1.54) is 10.9 Å². The molecular weight excluding hydrogens is 437 g/mol. The Bertz CT molecular complexity index is 1200. The van der Waals surface area contributed by atoms with Crippen LogP contribution < -0.4 is 5.32 Å². The zero-order chi connectivity index (χ0) is 22.0. The number of rotatable bonds is 5. The normalized spacial score (nSPS) is 11.5. The van der Waals surface area contributed by atoms with Crippen LogP contribution in [-0.4, -0.2) is 31.0 Å². The molecule has 31 heavy (non-hydrogen) atoms. The first-order valence-corrected chi connectivity index (χ1v) is 9.13. The van der Waals surface area contributed by atoms with Crippen molar-refractivity contribution in [2.24, 2.45) is 0 Å². The van der Waals surface area contributed by atoms with Gasteiger partial charge < -0.3 is 9.84 Å². The highest BCUT2D eigenvalue weighted by Crippen LogP contribution is 2.29. The fourth-order valence-electron chi connectivity index (χ4n) is 2.61. The molecule has 1 amide bonds. The van der Waals surface area contributed by atoms with Crippen LogP contribution in [0, 0.1) is 0 Å². The van der Waals surface area contributed by atoms with E-state index in [0.717, 1.165) is 5.56 Å². The second kappa shape index (κ2) is 8.19. The maximum absolute atomic E-state index is 12.6. The molecule has 0 fully saturated rings. The molecule has 2 aromatic carbocycles. The molecule has 0 aliphatic carbocycles. The van der Waals surface area contributed by atoms with Gasteiger partial charge in [0.05, 0.1) is 12.7 Å².